The molecule has 0 atom stereocenters. The number of ether oxygens (including phenoxy) is 1. The second-order valence-electron chi connectivity index (χ2n) is 4.55. The zero-order valence-corrected chi connectivity index (χ0v) is 11.6. The summed E-state index contributed by atoms with van der Waals surface area (Å²) >= 11 is 0. The first-order valence-corrected chi connectivity index (χ1v) is 6.67. The lowest BCUT2D eigenvalue weighted by atomic mass is 10.1. The Balaban J connectivity index is 1.97. The molecule has 0 spiro atoms. The van der Waals surface area contributed by atoms with Crippen LogP contribution in [0.15, 0.2) is 55.1 Å². The third kappa shape index (κ3) is 4.39. The van der Waals surface area contributed by atoms with Gasteiger partial charge in [-0.2, -0.15) is 0 Å². The molecule has 0 aliphatic heterocycles. The number of nitrogens with one attached hydrogen (secondary N) is 1. The third-order valence-electron chi connectivity index (χ3n) is 2.97. The molecule has 0 bridgehead atoms. The lowest BCUT2D eigenvalue weighted by molar-refractivity contribution is 0.358. The Hall–Kier alpha value is -2.20. The van der Waals surface area contributed by atoms with Crippen LogP contribution in [0, 0.1) is 11.6 Å². The molecule has 2 rings (SSSR count). The summed E-state index contributed by atoms with van der Waals surface area (Å²) in [5, 5.41) is 3.09. The van der Waals surface area contributed by atoms with Gasteiger partial charge in [-0.05, 0) is 24.3 Å². The van der Waals surface area contributed by atoms with Gasteiger partial charge in [-0.1, -0.05) is 30.9 Å². The van der Waals surface area contributed by atoms with Gasteiger partial charge in [0.25, 0.3) is 0 Å². The second-order valence-corrected chi connectivity index (χ2v) is 4.55. The summed E-state index contributed by atoms with van der Waals surface area (Å²) in [5.74, 6) is -0.104. The molecule has 4 heteroatoms. The van der Waals surface area contributed by atoms with E-state index in [1.54, 1.807) is 6.08 Å². The minimum atomic E-state index is -0.442. The first-order valence-electron chi connectivity index (χ1n) is 6.67. The van der Waals surface area contributed by atoms with Crippen LogP contribution in [0.5, 0.6) is 5.75 Å². The first-order chi connectivity index (χ1) is 10.2. The molecular formula is C17H17F2NO. The van der Waals surface area contributed by atoms with Crippen LogP contribution in [-0.2, 0) is 13.1 Å². The monoisotopic (exact) mass is 289 g/mol. The zero-order valence-electron chi connectivity index (χ0n) is 11.6. The SMILES string of the molecule is C=CCOc1ccccc1CNCc1cc(F)ccc1F. The number of rotatable bonds is 7. The average molecular weight is 289 g/mol. The summed E-state index contributed by atoms with van der Waals surface area (Å²) in [4.78, 5) is 0. The lowest BCUT2D eigenvalue weighted by Gasteiger charge is -2.11. The molecule has 0 aromatic heterocycles. The summed E-state index contributed by atoms with van der Waals surface area (Å²) in [7, 11) is 0. The van der Waals surface area contributed by atoms with Crippen LogP contribution < -0.4 is 10.1 Å². The van der Waals surface area contributed by atoms with Crippen molar-refractivity contribution in [2.75, 3.05) is 6.61 Å². The van der Waals surface area contributed by atoms with Crippen molar-refractivity contribution >= 4 is 0 Å². The Morgan fingerprint density at radius 1 is 1.05 bits per heavy atom. The Bertz CT molecular complexity index is 613. The van der Waals surface area contributed by atoms with Crippen molar-refractivity contribution in [3.8, 4) is 5.75 Å². The van der Waals surface area contributed by atoms with Crippen LogP contribution in [0.3, 0.4) is 0 Å². The Kier molecular flexibility index (Phi) is 5.46. The van der Waals surface area contributed by atoms with Crippen molar-refractivity contribution in [3.05, 3.63) is 77.9 Å². The van der Waals surface area contributed by atoms with Crippen LogP contribution in [0.25, 0.3) is 0 Å². The average Bonchev–Trinajstić information content (AvgIpc) is 2.50. The fraction of sp³-hybridized carbons (Fsp3) is 0.176. The number of hydrogen-bond donors (Lipinski definition) is 1. The summed E-state index contributed by atoms with van der Waals surface area (Å²) in [6.45, 7) is 4.79. The van der Waals surface area contributed by atoms with E-state index < -0.39 is 11.6 Å². The molecule has 0 radical (unpaired) electrons. The van der Waals surface area contributed by atoms with Gasteiger partial charge in [0, 0.05) is 24.2 Å². The van der Waals surface area contributed by atoms with Gasteiger partial charge in [-0.15, -0.1) is 0 Å². The fourth-order valence-corrected chi connectivity index (χ4v) is 1.95. The highest BCUT2D eigenvalue weighted by Gasteiger charge is 2.05. The van der Waals surface area contributed by atoms with E-state index in [4.69, 9.17) is 4.74 Å². The smallest absolute Gasteiger partial charge is 0.127 e. The molecule has 0 aliphatic carbocycles. The third-order valence-corrected chi connectivity index (χ3v) is 2.97. The standard InChI is InChI=1S/C17H17F2NO/c1-2-9-21-17-6-4-3-5-13(17)11-20-12-14-10-15(18)7-8-16(14)19/h2-8,10,20H,1,9,11-12H2. The van der Waals surface area contributed by atoms with Crippen molar-refractivity contribution in [2.45, 2.75) is 13.1 Å². The van der Waals surface area contributed by atoms with E-state index in [2.05, 4.69) is 11.9 Å². The molecule has 21 heavy (non-hydrogen) atoms. The van der Waals surface area contributed by atoms with E-state index >= 15 is 0 Å². The predicted octanol–water partition coefficient (Wildman–Crippen LogP) is 3.82. The highest BCUT2D eigenvalue weighted by molar-refractivity contribution is 5.33. The van der Waals surface area contributed by atoms with Crippen molar-refractivity contribution in [2.24, 2.45) is 0 Å². The molecule has 0 unspecified atom stereocenters. The van der Waals surface area contributed by atoms with E-state index in [1.807, 2.05) is 24.3 Å². The second kappa shape index (κ2) is 7.55. The van der Waals surface area contributed by atoms with Gasteiger partial charge in [0.15, 0.2) is 0 Å². The minimum Gasteiger partial charge on any atom is -0.489 e. The van der Waals surface area contributed by atoms with E-state index in [9.17, 15) is 8.78 Å². The van der Waals surface area contributed by atoms with E-state index in [0.717, 1.165) is 23.4 Å². The molecule has 2 nitrogen and oxygen atoms in total. The largest absolute Gasteiger partial charge is 0.489 e. The Morgan fingerprint density at radius 3 is 2.62 bits per heavy atom. The first kappa shape index (κ1) is 15.2. The van der Waals surface area contributed by atoms with Crippen molar-refractivity contribution in [1.82, 2.24) is 5.32 Å². The molecule has 0 fully saturated rings. The minimum absolute atomic E-state index is 0.249. The predicted molar refractivity (Wildman–Crippen MR) is 79.0 cm³/mol. The van der Waals surface area contributed by atoms with Crippen LogP contribution in [0.4, 0.5) is 8.78 Å². The van der Waals surface area contributed by atoms with Crippen molar-refractivity contribution in [1.29, 1.82) is 0 Å². The van der Waals surface area contributed by atoms with Gasteiger partial charge in [0.1, 0.15) is 24.0 Å². The van der Waals surface area contributed by atoms with Gasteiger partial charge in [0.2, 0.25) is 0 Å². The van der Waals surface area contributed by atoms with Gasteiger partial charge in [-0.3, -0.25) is 0 Å². The molecule has 0 saturated heterocycles. The maximum absolute atomic E-state index is 13.5. The van der Waals surface area contributed by atoms with Crippen LogP contribution >= 0.6 is 0 Å². The Morgan fingerprint density at radius 2 is 1.81 bits per heavy atom. The molecular weight excluding hydrogens is 272 g/mol. The van der Waals surface area contributed by atoms with E-state index in [-0.39, 0.29) is 6.54 Å². The highest BCUT2D eigenvalue weighted by Crippen LogP contribution is 2.18. The maximum atomic E-state index is 13.5. The van der Waals surface area contributed by atoms with E-state index in [0.29, 0.717) is 18.7 Å². The quantitative estimate of drug-likeness (QED) is 0.782. The molecule has 2 aromatic rings. The summed E-state index contributed by atoms with van der Waals surface area (Å²) in [5.41, 5.74) is 1.26. The molecule has 0 saturated carbocycles. The summed E-state index contributed by atoms with van der Waals surface area (Å²) in [6, 6.07) is 11.0. The maximum Gasteiger partial charge on any atom is 0.127 e. The molecule has 110 valence electrons. The summed E-state index contributed by atoms with van der Waals surface area (Å²) < 4.78 is 32.1. The van der Waals surface area contributed by atoms with Crippen molar-refractivity contribution < 1.29 is 13.5 Å². The molecule has 0 amide bonds. The number of para-hydroxylation sites is 1. The number of halogens is 2. The molecule has 1 N–H and O–H groups in total. The van der Waals surface area contributed by atoms with Crippen LogP contribution in [0.1, 0.15) is 11.1 Å². The van der Waals surface area contributed by atoms with E-state index in [1.165, 1.54) is 6.07 Å². The zero-order chi connectivity index (χ0) is 15.1. The molecule has 0 heterocycles. The highest BCUT2D eigenvalue weighted by atomic mass is 19.1. The van der Waals surface area contributed by atoms with Crippen molar-refractivity contribution in [3.63, 3.8) is 0 Å². The van der Waals surface area contributed by atoms with Gasteiger partial charge in [0.05, 0.1) is 0 Å². The van der Waals surface area contributed by atoms with Crippen LogP contribution in [-0.4, -0.2) is 6.61 Å². The number of hydrogen-bond acceptors (Lipinski definition) is 2. The van der Waals surface area contributed by atoms with Gasteiger partial charge in [-0.25, -0.2) is 8.78 Å². The van der Waals surface area contributed by atoms with Gasteiger partial charge >= 0.3 is 0 Å². The Labute approximate surface area is 123 Å². The molecule has 0 aliphatic rings. The topological polar surface area (TPSA) is 21.3 Å². The fourth-order valence-electron chi connectivity index (χ4n) is 1.95. The normalized spacial score (nSPS) is 10.4. The summed E-state index contributed by atoms with van der Waals surface area (Å²) in [6.07, 6.45) is 1.67. The van der Waals surface area contributed by atoms with Crippen LogP contribution in [0.2, 0.25) is 0 Å². The molecule has 2 aromatic carbocycles. The lowest BCUT2D eigenvalue weighted by Crippen LogP contribution is -2.14. The number of benzene rings is 2. The van der Waals surface area contributed by atoms with Gasteiger partial charge < -0.3 is 10.1 Å².